The highest BCUT2D eigenvalue weighted by Gasteiger charge is 2.45. The number of amides is 13. The zero-order chi connectivity index (χ0) is 82.6. The fourth-order valence-electron chi connectivity index (χ4n) is 14.2. The van der Waals surface area contributed by atoms with Crippen LogP contribution >= 0.6 is 46.6 Å². The first-order valence-electron chi connectivity index (χ1n) is 38.8. The van der Waals surface area contributed by atoms with Gasteiger partial charge in [0.1, 0.15) is 35.8 Å². The molecule has 113 heavy (non-hydrogen) atoms. The van der Waals surface area contributed by atoms with Gasteiger partial charge in [-0.3, -0.25) is 52.8 Å². The quantitative estimate of drug-likeness (QED) is 0.0208. The van der Waals surface area contributed by atoms with Crippen molar-refractivity contribution >= 4 is 124 Å². The molecule has 0 aliphatic carbocycles. The molecular formula is C80H116N14O15S4. The predicted molar refractivity (Wildman–Crippen MR) is 437 cm³/mol. The van der Waals surface area contributed by atoms with E-state index in [1.807, 2.05) is 88.5 Å². The van der Waals surface area contributed by atoms with Crippen LogP contribution in [0.1, 0.15) is 142 Å². The van der Waals surface area contributed by atoms with Crippen molar-refractivity contribution in [3.63, 3.8) is 0 Å². The number of hydrogen-bond acceptors (Lipinski definition) is 20. The number of nitrogens with two attached hydrogens (primary N) is 1. The van der Waals surface area contributed by atoms with Crippen LogP contribution in [-0.2, 0) is 75.2 Å². The van der Waals surface area contributed by atoms with Crippen molar-refractivity contribution in [2.24, 2.45) is 35.3 Å². The number of thioether (sulfide) groups is 3. The van der Waals surface area contributed by atoms with Gasteiger partial charge in [-0.05, 0) is 97.2 Å². The first-order valence-corrected chi connectivity index (χ1v) is 42.8. The van der Waals surface area contributed by atoms with Crippen molar-refractivity contribution in [3.05, 3.63) is 107 Å². The molecular weight excluding hydrogens is 1530 g/mol. The van der Waals surface area contributed by atoms with E-state index in [1.165, 1.54) is 56.9 Å². The number of nitrogens with one attached hydrogen (secondary N) is 6. The van der Waals surface area contributed by atoms with Gasteiger partial charge in [0, 0.05) is 105 Å². The maximum absolute atomic E-state index is 14.9. The number of carbonyl (C=O) groups is 12. The number of ether oxygens (including phenoxy) is 3. The molecule has 33 heteroatoms. The number of hydrogen-bond donors (Lipinski definition) is 7. The molecule has 3 aromatic carbocycles. The summed E-state index contributed by atoms with van der Waals surface area (Å²) in [6.45, 7) is 16.8. The zero-order valence-corrected chi connectivity index (χ0v) is 70.6. The second-order valence-corrected chi connectivity index (χ2v) is 34.3. The van der Waals surface area contributed by atoms with Gasteiger partial charge in [0.2, 0.25) is 59.1 Å². The monoisotopic (exact) mass is 1640 g/mol. The van der Waals surface area contributed by atoms with Gasteiger partial charge >= 0.3 is 12.1 Å². The molecule has 3 aliphatic heterocycles. The Morgan fingerprint density at radius 1 is 0.708 bits per heavy atom. The van der Waals surface area contributed by atoms with Crippen LogP contribution in [0.25, 0.3) is 0 Å². The van der Waals surface area contributed by atoms with Crippen LogP contribution in [0, 0.1) is 29.6 Å². The Balaban J connectivity index is 0.901. The average molecular weight is 1640 g/mol. The molecule has 4 heterocycles. The van der Waals surface area contributed by atoms with Gasteiger partial charge in [-0.25, -0.2) is 14.6 Å². The Morgan fingerprint density at radius 3 is 1.95 bits per heavy atom. The van der Waals surface area contributed by atoms with E-state index in [0.717, 1.165) is 20.4 Å². The minimum absolute atomic E-state index is 0.0161. The van der Waals surface area contributed by atoms with Crippen molar-refractivity contribution in [1.29, 1.82) is 0 Å². The summed E-state index contributed by atoms with van der Waals surface area (Å²) < 4.78 is 18.0. The predicted octanol–water partition coefficient (Wildman–Crippen LogP) is 8.08. The van der Waals surface area contributed by atoms with Gasteiger partial charge in [0.05, 0.1) is 68.4 Å². The topological polar surface area (TPSA) is 363 Å². The third kappa shape index (κ3) is 27.3. The third-order valence-electron chi connectivity index (χ3n) is 20.6. The van der Waals surface area contributed by atoms with E-state index in [4.69, 9.17) is 19.9 Å². The number of rotatable bonds is 38. The van der Waals surface area contributed by atoms with Crippen molar-refractivity contribution < 1.29 is 71.7 Å². The Hall–Kier alpha value is -8.50. The molecule has 4 bridgehead atoms. The van der Waals surface area contributed by atoms with E-state index >= 15 is 0 Å². The fourth-order valence-corrected chi connectivity index (χ4v) is 17.5. The fraction of sp³-hybridized carbons (Fsp3) is 0.588. The number of fused-ring (bicyclic) bond motifs is 4. The zero-order valence-electron chi connectivity index (χ0n) is 67.3. The number of likely N-dealkylation sites (tertiary alicyclic amines) is 1. The van der Waals surface area contributed by atoms with Gasteiger partial charge in [-0.1, -0.05) is 117 Å². The summed E-state index contributed by atoms with van der Waals surface area (Å²) in [6, 6.07) is 17.6. The molecule has 7 rings (SSSR count). The summed E-state index contributed by atoms with van der Waals surface area (Å²) >= 11 is 5.79. The highest BCUT2D eigenvalue weighted by molar-refractivity contribution is 8.00. The van der Waals surface area contributed by atoms with Crippen LogP contribution in [0.2, 0.25) is 0 Å². The molecule has 4 aromatic rings. The number of likely N-dealkylation sites (N-methyl/N-ethyl adjacent to an activating group) is 2. The molecule has 1 aromatic heterocycles. The Bertz CT molecular complexity index is 3780. The van der Waals surface area contributed by atoms with Gasteiger partial charge in [-0.15, -0.1) is 34.9 Å². The molecule has 3 aliphatic rings. The molecule has 0 radical (unpaired) electrons. The maximum atomic E-state index is 14.9. The normalized spacial score (nSPS) is 17.4. The second kappa shape index (κ2) is 45.6. The van der Waals surface area contributed by atoms with E-state index in [1.54, 1.807) is 106 Å². The molecule has 2 saturated heterocycles. The van der Waals surface area contributed by atoms with Gasteiger partial charge in [0.15, 0.2) is 0 Å². The number of benzene rings is 3. The number of anilines is 1. The van der Waals surface area contributed by atoms with E-state index in [9.17, 15) is 57.5 Å². The van der Waals surface area contributed by atoms with Crippen LogP contribution in [-0.4, -0.2) is 238 Å². The SMILES string of the molecule is CC[C@H](C)[C@@H]([C@@H](CC(=O)N1CCC[C@H]1[C@H](OC)[C@@H](C)C(=O)N[C@@H](Cc1ccccc1)c1nccs1)OC)N(C)C(=O)[C@@H](NC(=O)[C@H](C(C)C)N(C)C(=O)OCc1ccc(NC(=O)[C@H](CCCNC(N)=O)NC(=O)[C@@H](NC(=O)CSCCC(=O)N2CN3CN(C2)C(=O)CCSc2cccc(c2)SCCC3=O)C(C)C)cc1)C(C)C. The van der Waals surface area contributed by atoms with Crippen LogP contribution < -0.4 is 37.6 Å². The van der Waals surface area contributed by atoms with Gasteiger partial charge < -0.3 is 76.3 Å². The highest BCUT2D eigenvalue weighted by Crippen LogP contribution is 2.33. The van der Waals surface area contributed by atoms with Crippen molar-refractivity contribution in [1.82, 2.24) is 61.0 Å². The molecule has 620 valence electrons. The number of nitrogens with zero attached hydrogens (tertiary/aromatic N) is 7. The molecule has 0 unspecified atom stereocenters. The standard InChI is InChI=1S/C80H116N14O15S4/c1-14-52(8)71(62(107-12)43-67(99)94-36-20-26-61(94)72(108-13)53(9)73(100)86-60(77-82-35-40-113-77)41-54-21-16-15-17-22-54)89(10)78(104)69(50(4)5)88-76(103)70(51(6)7)90(11)80(106)109-44-55-27-29-56(30-28-55)84-74(101)59(25-19-34-83-79(81)105)85-75(102)68(49(2)3)87-63(95)45-110-37-31-64(96)91-46-92-48-93(47-91)66(98)33-39-112-58-24-18-23-57(42-58)111-38-32-65(92)97/h15-18,21-24,27-30,35,40,42,49-53,59-62,68-72H,14,19-20,25-26,31-34,36-39,41,43-48H2,1-13H3,(H,84,101)(H,85,102)(H,86,100)(H,87,95)(H,88,103)(H3,81,83,105)/t52-,53+,59-,60-,61-,62+,68-,69-,70-,71-,72+/m0/s1. The first kappa shape index (κ1) is 91.7. The minimum atomic E-state index is -1.16. The lowest BCUT2D eigenvalue weighted by atomic mass is 9.89. The molecule has 8 N–H and O–H groups in total. The number of aromatic nitrogens is 1. The molecule has 29 nitrogen and oxygen atoms in total. The number of primary amides is 1. The number of urea groups is 1. The Kier molecular flexibility index (Phi) is 37.0. The number of carbonyl (C=O) groups excluding carboxylic acids is 12. The lowest BCUT2D eigenvalue weighted by Gasteiger charge is -2.42. The largest absolute Gasteiger partial charge is 0.445 e. The summed E-state index contributed by atoms with van der Waals surface area (Å²) in [4.78, 5) is 181. The minimum Gasteiger partial charge on any atom is -0.445 e. The molecule has 2 fully saturated rings. The van der Waals surface area contributed by atoms with Crippen LogP contribution in [0.3, 0.4) is 0 Å². The Labute approximate surface area is 681 Å². The van der Waals surface area contributed by atoms with Gasteiger partial charge in [0.25, 0.3) is 0 Å². The lowest BCUT2D eigenvalue weighted by Crippen LogP contribution is -2.60. The highest BCUT2D eigenvalue weighted by atomic mass is 32.2. The summed E-state index contributed by atoms with van der Waals surface area (Å²) in [5.41, 5.74) is 7.18. The average Bonchev–Trinajstić information content (AvgIpc) is 1.79. The lowest BCUT2D eigenvalue weighted by molar-refractivity contribution is -0.158. The van der Waals surface area contributed by atoms with E-state index in [2.05, 4.69) is 43.0 Å². The maximum Gasteiger partial charge on any atom is 0.410 e. The first-order chi connectivity index (χ1) is 53.9. The summed E-state index contributed by atoms with van der Waals surface area (Å²) in [6.07, 6.45) is 2.59. The van der Waals surface area contributed by atoms with Crippen LogP contribution in [0.5, 0.6) is 0 Å². The number of methoxy groups -OCH3 is 2. The molecule has 0 saturated carbocycles. The van der Waals surface area contributed by atoms with Crippen LogP contribution in [0.15, 0.2) is 100 Å². The van der Waals surface area contributed by atoms with Gasteiger partial charge in [-0.2, -0.15) is 11.8 Å². The van der Waals surface area contributed by atoms with Crippen molar-refractivity contribution in [2.45, 2.75) is 197 Å². The summed E-state index contributed by atoms with van der Waals surface area (Å²) in [7, 11) is 6.15. The van der Waals surface area contributed by atoms with Crippen molar-refractivity contribution in [3.8, 4) is 0 Å². The third-order valence-corrected chi connectivity index (χ3v) is 24.5. The molecule has 0 spiro atoms. The van der Waals surface area contributed by atoms with Crippen LogP contribution in [0.4, 0.5) is 15.3 Å². The van der Waals surface area contributed by atoms with E-state index in [0.29, 0.717) is 55.0 Å². The second-order valence-electron chi connectivity index (χ2n) is 30.0. The summed E-state index contributed by atoms with van der Waals surface area (Å²) in [5, 5.41) is 19.7. The van der Waals surface area contributed by atoms with E-state index in [-0.39, 0.29) is 125 Å². The Morgan fingerprint density at radius 2 is 1.36 bits per heavy atom. The van der Waals surface area contributed by atoms with E-state index < -0.39 is 114 Å². The smallest absolute Gasteiger partial charge is 0.410 e. The van der Waals surface area contributed by atoms with Crippen molar-refractivity contribution in [2.75, 3.05) is 89.7 Å². The molecule has 11 atom stereocenters. The summed E-state index contributed by atoms with van der Waals surface area (Å²) in [5.74, 6) is -4.81. The number of thiazole rings is 1. The molecule has 13 amide bonds.